The van der Waals surface area contributed by atoms with E-state index in [4.69, 9.17) is 9.47 Å². The van der Waals surface area contributed by atoms with Crippen molar-refractivity contribution in [3.8, 4) is 0 Å². The molecule has 1 unspecified atom stereocenters. The van der Waals surface area contributed by atoms with Gasteiger partial charge in [0.2, 0.25) is 0 Å². The van der Waals surface area contributed by atoms with E-state index in [1.54, 1.807) is 0 Å². The van der Waals surface area contributed by atoms with Crippen molar-refractivity contribution < 1.29 is 9.47 Å². The molecule has 32 heavy (non-hydrogen) atoms. The molecule has 3 heteroatoms. The van der Waals surface area contributed by atoms with Crippen LogP contribution in [0.5, 0.6) is 0 Å². The number of hydrogen-bond acceptors (Lipinski definition) is 2. The molecule has 0 amide bonds. The van der Waals surface area contributed by atoms with Gasteiger partial charge in [-0.15, -0.1) is 0 Å². The summed E-state index contributed by atoms with van der Waals surface area (Å²) in [7, 11) is 0. The van der Waals surface area contributed by atoms with Gasteiger partial charge in [-0.05, 0) is 0 Å². The topological polar surface area (TPSA) is 18.5 Å². The summed E-state index contributed by atoms with van der Waals surface area (Å²) in [4.78, 5) is 0. The van der Waals surface area contributed by atoms with Gasteiger partial charge in [-0.3, -0.25) is 0 Å². The Morgan fingerprint density at radius 1 is 0.781 bits per heavy atom. The normalized spacial score (nSPS) is 23.1. The summed E-state index contributed by atoms with van der Waals surface area (Å²) >= 11 is -2.41. The fourth-order valence-electron chi connectivity index (χ4n) is 6.11. The van der Waals surface area contributed by atoms with E-state index in [1.165, 1.54) is 96.8 Å². The Hall–Kier alpha value is 0.719. The zero-order chi connectivity index (χ0) is 23.8. The summed E-state index contributed by atoms with van der Waals surface area (Å²) < 4.78 is 18.7. The Morgan fingerprint density at radius 2 is 1.34 bits per heavy atom. The van der Waals surface area contributed by atoms with Crippen molar-refractivity contribution in [2.75, 3.05) is 6.79 Å². The van der Waals surface area contributed by atoms with Crippen LogP contribution >= 0.6 is 0 Å². The van der Waals surface area contributed by atoms with Gasteiger partial charge in [-0.2, -0.15) is 0 Å². The number of rotatable bonds is 19. The van der Waals surface area contributed by atoms with Crippen LogP contribution in [-0.4, -0.2) is 35.4 Å². The van der Waals surface area contributed by atoms with Crippen LogP contribution < -0.4 is 0 Å². The maximum atomic E-state index is 6.88. The molecule has 1 fully saturated rings. The Bertz CT molecular complexity index is 417. The average molecular weight is 560 g/mol. The van der Waals surface area contributed by atoms with Crippen LogP contribution in [0.15, 0.2) is 0 Å². The summed E-state index contributed by atoms with van der Waals surface area (Å²) in [5.41, 5.74) is 0. The van der Waals surface area contributed by atoms with Crippen molar-refractivity contribution in [2.45, 2.75) is 155 Å². The third-order valence-corrected chi connectivity index (χ3v) is 25.1. The molecule has 0 aromatic carbocycles. The number of unbranched alkanes of at least 4 members (excludes halogenated alkanes) is 5. The molecule has 1 aliphatic carbocycles. The van der Waals surface area contributed by atoms with Gasteiger partial charge < -0.3 is 0 Å². The van der Waals surface area contributed by atoms with Crippen LogP contribution in [0.25, 0.3) is 0 Å². The summed E-state index contributed by atoms with van der Waals surface area (Å²) in [6.45, 7) is 17.2. The standard InChI is InChI=1S/C17H33O2.3C4H9.Sn/c1-5-6-7-8-11-18-13-19-17-12-15(4)9-10-16(17)14(2)3;3*1-3-4-2;/h11,14-17H,5-10,12-13H2,1-4H3;3*1,3-4H2,2H3;/t15-,16+,17-;;;;/m1..../s1. The van der Waals surface area contributed by atoms with Crippen molar-refractivity contribution in [1.82, 2.24) is 0 Å². The van der Waals surface area contributed by atoms with Crippen LogP contribution in [0.4, 0.5) is 0 Å². The van der Waals surface area contributed by atoms with Crippen LogP contribution in [0, 0.1) is 17.8 Å². The van der Waals surface area contributed by atoms with Gasteiger partial charge in [-0.25, -0.2) is 0 Å². The number of ether oxygens (including phenoxy) is 2. The summed E-state index contributed by atoms with van der Waals surface area (Å²) in [5.74, 6) is 2.22. The van der Waals surface area contributed by atoms with Crippen molar-refractivity contribution >= 4 is 18.4 Å². The Kier molecular flexibility index (Phi) is 17.3. The van der Waals surface area contributed by atoms with Crippen molar-refractivity contribution in [3.05, 3.63) is 0 Å². The summed E-state index contributed by atoms with van der Waals surface area (Å²) in [5, 5.41) is 0. The second kappa shape index (κ2) is 18.1. The van der Waals surface area contributed by atoms with E-state index < -0.39 is 18.4 Å². The molecule has 1 rings (SSSR count). The van der Waals surface area contributed by atoms with Gasteiger partial charge in [0.25, 0.3) is 0 Å². The fraction of sp³-hybridized carbons (Fsp3) is 1.00. The first-order valence-electron chi connectivity index (χ1n) is 14.7. The van der Waals surface area contributed by atoms with Crippen molar-refractivity contribution in [3.63, 3.8) is 0 Å². The van der Waals surface area contributed by atoms with Gasteiger partial charge in [0, 0.05) is 0 Å². The summed E-state index contributed by atoms with van der Waals surface area (Å²) in [6, 6.07) is 0. The summed E-state index contributed by atoms with van der Waals surface area (Å²) in [6.07, 6.45) is 17.9. The predicted molar refractivity (Wildman–Crippen MR) is 145 cm³/mol. The Labute approximate surface area is 207 Å². The molecule has 0 radical (unpaired) electrons. The molecule has 0 bridgehead atoms. The first-order chi connectivity index (χ1) is 15.4. The zero-order valence-electron chi connectivity index (χ0n) is 23.2. The van der Waals surface area contributed by atoms with Gasteiger partial charge in [0.05, 0.1) is 0 Å². The molecule has 0 aromatic heterocycles. The molecule has 0 N–H and O–H groups in total. The number of hydrogen-bond donors (Lipinski definition) is 0. The van der Waals surface area contributed by atoms with Gasteiger partial charge in [0.1, 0.15) is 0 Å². The molecule has 0 saturated heterocycles. The molecule has 0 heterocycles. The Balaban J connectivity index is 2.93. The van der Waals surface area contributed by atoms with Crippen LogP contribution in [-0.2, 0) is 9.47 Å². The first-order valence-corrected chi connectivity index (χ1v) is 22.4. The molecular weight excluding hydrogens is 499 g/mol. The van der Waals surface area contributed by atoms with Gasteiger partial charge >= 0.3 is 208 Å². The molecule has 1 aliphatic rings. The quantitative estimate of drug-likeness (QED) is 0.0891. The molecule has 0 spiro atoms. The van der Waals surface area contributed by atoms with Crippen LogP contribution in [0.2, 0.25) is 13.3 Å². The third kappa shape index (κ3) is 11.0. The predicted octanol–water partition coefficient (Wildman–Crippen LogP) is 9.78. The average Bonchev–Trinajstić information content (AvgIpc) is 2.78. The zero-order valence-corrected chi connectivity index (χ0v) is 26.1. The Morgan fingerprint density at radius 3 is 1.84 bits per heavy atom. The second-order valence-electron chi connectivity index (χ2n) is 11.5. The van der Waals surface area contributed by atoms with E-state index in [1.807, 2.05) is 0 Å². The second-order valence-corrected chi connectivity index (χ2v) is 25.4. The van der Waals surface area contributed by atoms with Crippen LogP contribution in [0.3, 0.4) is 0 Å². The van der Waals surface area contributed by atoms with Crippen LogP contribution in [0.1, 0.15) is 132 Å². The fourth-order valence-corrected chi connectivity index (χ4v) is 23.6. The van der Waals surface area contributed by atoms with Crippen molar-refractivity contribution in [2.24, 2.45) is 17.8 Å². The monoisotopic (exact) mass is 560 g/mol. The van der Waals surface area contributed by atoms with E-state index >= 15 is 0 Å². The molecule has 1 saturated carbocycles. The molecular formula is C29H60O2Sn. The van der Waals surface area contributed by atoms with E-state index in [9.17, 15) is 0 Å². The van der Waals surface area contributed by atoms with Gasteiger partial charge in [-0.1, -0.05) is 0 Å². The van der Waals surface area contributed by atoms with E-state index in [2.05, 4.69) is 48.5 Å². The van der Waals surface area contributed by atoms with Gasteiger partial charge in [0.15, 0.2) is 0 Å². The van der Waals surface area contributed by atoms with E-state index in [0.717, 1.165) is 5.92 Å². The molecule has 4 atom stereocenters. The third-order valence-electron chi connectivity index (χ3n) is 8.35. The first kappa shape index (κ1) is 30.7. The molecule has 192 valence electrons. The maximum absolute atomic E-state index is 6.88. The van der Waals surface area contributed by atoms with E-state index in [-0.39, 0.29) is 0 Å². The SMILES string of the molecule is CCCCC[CH](OCO[C@@H]1C[C@H](C)CC[C@H]1C(C)C)[Sn]([CH2]CCC)([CH2]CCC)[CH2]CCC. The molecule has 0 aromatic rings. The minimum absolute atomic E-state index is 0.404. The van der Waals surface area contributed by atoms with Crippen molar-refractivity contribution in [1.29, 1.82) is 0 Å². The molecule has 2 nitrogen and oxygen atoms in total. The van der Waals surface area contributed by atoms with E-state index in [0.29, 0.717) is 28.9 Å². The minimum atomic E-state index is -2.41. The molecule has 0 aliphatic heterocycles.